The first kappa shape index (κ1) is 9.90. The molecule has 1 aliphatic carbocycles. The van der Waals surface area contributed by atoms with Crippen LogP contribution in [0.25, 0.3) is 0 Å². The summed E-state index contributed by atoms with van der Waals surface area (Å²) in [5, 5.41) is 7.18. The molecular weight excluding hydrogens is 194 g/mol. The van der Waals surface area contributed by atoms with Crippen LogP contribution in [0.1, 0.15) is 45.4 Å². The first-order chi connectivity index (χ1) is 6.67. The van der Waals surface area contributed by atoms with Gasteiger partial charge in [0.2, 0.25) is 0 Å². The summed E-state index contributed by atoms with van der Waals surface area (Å²) >= 11 is 5.29. The van der Waals surface area contributed by atoms with Crippen molar-refractivity contribution >= 4 is 12.2 Å². The third kappa shape index (κ3) is 1.41. The fourth-order valence-corrected chi connectivity index (χ4v) is 2.86. The van der Waals surface area contributed by atoms with Gasteiger partial charge in [-0.3, -0.25) is 9.67 Å². The summed E-state index contributed by atoms with van der Waals surface area (Å²) in [4.78, 5) is 0. The van der Waals surface area contributed by atoms with Gasteiger partial charge in [-0.1, -0.05) is 19.8 Å². The largest absolute Gasteiger partial charge is 0.298 e. The van der Waals surface area contributed by atoms with Crippen molar-refractivity contribution in [2.75, 3.05) is 0 Å². The lowest BCUT2D eigenvalue weighted by molar-refractivity contribution is 0.315. The van der Waals surface area contributed by atoms with E-state index in [1.807, 2.05) is 0 Å². The fraction of sp³-hybridized carbons (Fsp3) is 0.800. The minimum absolute atomic E-state index is 0.218. The Labute approximate surface area is 89.5 Å². The lowest BCUT2D eigenvalue weighted by Crippen LogP contribution is -2.28. The Morgan fingerprint density at radius 2 is 2.14 bits per heavy atom. The Morgan fingerprint density at radius 3 is 2.71 bits per heavy atom. The monoisotopic (exact) mass is 211 g/mol. The minimum atomic E-state index is 0.218. The summed E-state index contributed by atoms with van der Waals surface area (Å²) in [5.74, 6) is 1.10. The summed E-state index contributed by atoms with van der Waals surface area (Å²) in [6.45, 7) is 4.42. The molecule has 2 rings (SSSR count). The molecule has 0 saturated heterocycles. The molecule has 1 fully saturated rings. The van der Waals surface area contributed by atoms with Crippen LogP contribution in [0.3, 0.4) is 0 Å². The zero-order valence-corrected chi connectivity index (χ0v) is 9.65. The van der Waals surface area contributed by atoms with Crippen molar-refractivity contribution in [2.24, 2.45) is 0 Å². The maximum Gasteiger partial charge on any atom is 0.195 e. The van der Waals surface area contributed by atoms with E-state index in [2.05, 4.69) is 28.6 Å². The lowest BCUT2D eigenvalue weighted by atomic mass is 10.0. The average molecular weight is 211 g/mol. The standard InChI is InChI=1S/C10H17N3S/c1-3-8-11-12-9(14)13(8)10(2)6-4-5-7-10/h3-7H2,1-2H3,(H,12,14). The molecular formula is C10H17N3S. The second kappa shape index (κ2) is 3.50. The summed E-state index contributed by atoms with van der Waals surface area (Å²) in [5.41, 5.74) is 0.218. The fourth-order valence-electron chi connectivity index (χ4n) is 2.48. The normalized spacial score (nSPS) is 20.1. The molecule has 3 nitrogen and oxygen atoms in total. The van der Waals surface area contributed by atoms with E-state index in [4.69, 9.17) is 12.2 Å². The number of hydrogen-bond donors (Lipinski definition) is 1. The number of nitrogens with zero attached hydrogens (tertiary/aromatic N) is 2. The topological polar surface area (TPSA) is 33.6 Å². The van der Waals surface area contributed by atoms with Crippen LogP contribution in [0, 0.1) is 4.77 Å². The quantitative estimate of drug-likeness (QED) is 0.763. The van der Waals surface area contributed by atoms with Gasteiger partial charge in [-0.25, -0.2) is 0 Å². The Morgan fingerprint density at radius 1 is 1.50 bits per heavy atom. The van der Waals surface area contributed by atoms with Crippen LogP contribution in [-0.4, -0.2) is 14.8 Å². The molecule has 0 atom stereocenters. The summed E-state index contributed by atoms with van der Waals surface area (Å²) in [6.07, 6.45) is 6.03. The van der Waals surface area contributed by atoms with E-state index in [1.54, 1.807) is 0 Å². The van der Waals surface area contributed by atoms with Crippen molar-refractivity contribution < 1.29 is 0 Å². The Hall–Kier alpha value is -0.640. The third-order valence-corrected chi connectivity index (χ3v) is 3.55. The van der Waals surface area contributed by atoms with Crippen molar-refractivity contribution in [3.63, 3.8) is 0 Å². The minimum Gasteiger partial charge on any atom is -0.298 e. The van der Waals surface area contributed by atoms with E-state index in [1.165, 1.54) is 25.7 Å². The molecule has 0 radical (unpaired) electrons. The van der Waals surface area contributed by atoms with E-state index in [0.29, 0.717) is 0 Å². The first-order valence-corrected chi connectivity index (χ1v) is 5.75. The number of aromatic amines is 1. The van der Waals surface area contributed by atoms with Crippen molar-refractivity contribution in [3.8, 4) is 0 Å². The molecule has 4 heteroatoms. The highest BCUT2D eigenvalue weighted by Gasteiger charge is 2.32. The average Bonchev–Trinajstić information content (AvgIpc) is 2.73. The van der Waals surface area contributed by atoms with Crippen molar-refractivity contribution in [2.45, 2.75) is 51.5 Å². The van der Waals surface area contributed by atoms with E-state index in [9.17, 15) is 0 Å². The zero-order chi connectivity index (χ0) is 10.2. The molecule has 1 aliphatic rings. The van der Waals surface area contributed by atoms with Gasteiger partial charge in [0.25, 0.3) is 0 Å². The Kier molecular flexibility index (Phi) is 2.47. The van der Waals surface area contributed by atoms with Gasteiger partial charge in [0, 0.05) is 12.0 Å². The number of aromatic nitrogens is 3. The lowest BCUT2D eigenvalue weighted by Gasteiger charge is -2.26. The molecule has 1 heterocycles. The van der Waals surface area contributed by atoms with Gasteiger partial charge in [0.1, 0.15) is 5.82 Å². The smallest absolute Gasteiger partial charge is 0.195 e. The van der Waals surface area contributed by atoms with Crippen LogP contribution >= 0.6 is 12.2 Å². The van der Waals surface area contributed by atoms with Crippen LogP contribution in [0.4, 0.5) is 0 Å². The SMILES string of the molecule is CCc1n[nH]c(=S)n1C1(C)CCCC1. The molecule has 14 heavy (non-hydrogen) atoms. The summed E-state index contributed by atoms with van der Waals surface area (Å²) < 4.78 is 3.02. The molecule has 0 amide bonds. The van der Waals surface area contributed by atoms with Crippen molar-refractivity contribution in [1.29, 1.82) is 0 Å². The molecule has 1 N–H and O–H groups in total. The van der Waals surface area contributed by atoms with Crippen LogP contribution in [0.5, 0.6) is 0 Å². The number of H-pyrrole nitrogens is 1. The number of rotatable bonds is 2. The number of aryl methyl sites for hydroxylation is 1. The summed E-state index contributed by atoms with van der Waals surface area (Å²) in [6, 6.07) is 0. The second-order valence-electron chi connectivity index (χ2n) is 4.34. The van der Waals surface area contributed by atoms with Gasteiger partial charge >= 0.3 is 0 Å². The highest BCUT2D eigenvalue weighted by molar-refractivity contribution is 7.71. The van der Waals surface area contributed by atoms with Gasteiger partial charge in [-0.2, -0.15) is 5.10 Å². The van der Waals surface area contributed by atoms with E-state index in [0.717, 1.165) is 17.0 Å². The molecule has 0 spiro atoms. The van der Waals surface area contributed by atoms with E-state index < -0.39 is 0 Å². The van der Waals surface area contributed by atoms with Crippen molar-refractivity contribution in [1.82, 2.24) is 14.8 Å². The van der Waals surface area contributed by atoms with Crippen LogP contribution < -0.4 is 0 Å². The van der Waals surface area contributed by atoms with Gasteiger partial charge in [-0.15, -0.1) is 0 Å². The molecule has 1 saturated carbocycles. The van der Waals surface area contributed by atoms with Crippen LogP contribution in [-0.2, 0) is 12.0 Å². The van der Waals surface area contributed by atoms with Gasteiger partial charge in [0.05, 0.1) is 0 Å². The highest BCUT2D eigenvalue weighted by Crippen LogP contribution is 2.36. The third-order valence-electron chi connectivity index (χ3n) is 3.28. The molecule has 1 aromatic heterocycles. The summed E-state index contributed by atoms with van der Waals surface area (Å²) in [7, 11) is 0. The van der Waals surface area contributed by atoms with Gasteiger partial charge in [0.15, 0.2) is 4.77 Å². The predicted octanol–water partition coefficient (Wildman–Crippen LogP) is 2.79. The zero-order valence-electron chi connectivity index (χ0n) is 8.84. The molecule has 0 unspecified atom stereocenters. The molecule has 0 bridgehead atoms. The maximum atomic E-state index is 5.29. The first-order valence-electron chi connectivity index (χ1n) is 5.34. The van der Waals surface area contributed by atoms with E-state index >= 15 is 0 Å². The van der Waals surface area contributed by atoms with E-state index in [-0.39, 0.29) is 5.54 Å². The molecule has 0 aromatic carbocycles. The van der Waals surface area contributed by atoms with Gasteiger partial charge in [-0.05, 0) is 32.0 Å². The molecule has 0 aliphatic heterocycles. The predicted molar refractivity (Wildman–Crippen MR) is 58.9 cm³/mol. The Balaban J connectivity index is 2.48. The maximum absolute atomic E-state index is 5.29. The second-order valence-corrected chi connectivity index (χ2v) is 4.72. The Bertz CT molecular complexity index is 371. The number of nitrogens with one attached hydrogen (secondary N) is 1. The highest BCUT2D eigenvalue weighted by atomic mass is 32.1. The molecule has 78 valence electrons. The number of hydrogen-bond acceptors (Lipinski definition) is 2. The van der Waals surface area contributed by atoms with Crippen molar-refractivity contribution in [3.05, 3.63) is 10.6 Å². The van der Waals surface area contributed by atoms with Crippen LogP contribution in [0.15, 0.2) is 0 Å². The molecule has 1 aromatic rings. The van der Waals surface area contributed by atoms with Crippen LogP contribution in [0.2, 0.25) is 0 Å². The van der Waals surface area contributed by atoms with Gasteiger partial charge < -0.3 is 0 Å².